The number of benzene rings is 1. The van der Waals surface area contributed by atoms with Crippen LogP contribution in [0.3, 0.4) is 0 Å². The monoisotopic (exact) mass is 708 g/mol. The van der Waals surface area contributed by atoms with Crippen LogP contribution in [0, 0.1) is 11.2 Å². The van der Waals surface area contributed by atoms with E-state index in [0.717, 1.165) is 92.8 Å². The highest BCUT2D eigenvalue weighted by Crippen LogP contribution is 2.53. The minimum absolute atomic E-state index is 0.0936. The van der Waals surface area contributed by atoms with Crippen molar-refractivity contribution in [1.29, 1.82) is 0 Å². The average molecular weight is 709 g/mol. The molecule has 1 aliphatic carbocycles. The third-order valence-electron chi connectivity index (χ3n) is 12.6. The van der Waals surface area contributed by atoms with Crippen LogP contribution in [-0.2, 0) is 14.9 Å². The summed E-state index contributed by atoms with van der Waals surface area (Å²) in [4.78, 5) is 35.8. The quantitative estimate of drug-likeness (QED) is 0.240. The van der Waals surface area contributed by atoms with E-state index >= 15 is 0 Å². The van der Waals surface area contributed by atoms with Gasteiger partial charge in [0.2, 0.25) is 5.91 Å². The largest absolute Gasteiger partial charge is 0.395 e. The zero-order valence-electron chi connectivity index (χ0n) is 30.6. The fourth-order valence-electron chi connectivity index (χ4n) is 9.67. The van der Waals surface area contributed by atoms with Gasteiger partial charge in [-0.25, -0.2) is 14.4 Å². The summed E-state index contributed by atoms with van der Waals surface area (Å²) in [5, 5.41) is 13.5. The number of fused-ring (bicyclic) bond motifs is 3. The van der Waals surface area contributed by atoms with Crippen molar-refractivity contribution in [2.45, 2.75) is 95.4 Å². The number of anilines is 3. The molecule has 5 aliphatic rings. The van der Waals surface area contributed by atoms with Gasteiger partial charge in [-0.3, -0.25) is 19.6 Å². The van der Waals surface area contributed by atoms with Crippen LogP contribution in [0.15, 0.2) is 49.1 Å². The first kappa shape index (κ1) is 33.8. The van der Waals surface area contributed by atoms with Gasteiger partial charge in [-0.1, -0.05) is 26.0 Å². The van der Waals surface area contributed by atoms with Crippen molar-refractivity contribution in [3.8, 4) is 11.3 Å². The average Bonchev–Trinajstić information content (AvgIpc) is 3.72. The van der Waals surface area contributed by atoms with Gasteiger partial charge in [-0.05, 0) is 88.2 Å². The molecule has 11 nitrogen and oxygen atoms in total. The number of nitrogens with one attached hydrogen (secondary N) is 1. The van der Waals surface area contributed by atoms with E-state index in [0.29, 0.717) is 23.6 Å². The number of aliphatic hydroxyl groups excluding tert-OH is 1. The molecule has 0 bridgehead atoms. The van der Waals surface area contributed by atoms with Gasteiger partial charge in [0.1, 0.15) is 5.52 Å². The molecular formula is C40H49FN8O3. The van der Waals surface area contributed by atoms with Gasteiger partial charge in [-0.15, -0.1) is 0 Å². The standard InChI is InChI=1S/C40H49FN8O3/c1-24(2)48-23-43-34-16-33(45-37(36(34)48)44-32-7-10-42-18-31(32)41)25-5-6-30-35(13-25)49(27-14-26(15-27)47-22-39(3,4)17-28(47)19-50)38(51)40(30)8-11-46(12-9-40)29-20-52-21-29/h5-7,10,13,16,18,23-24,26-29,50H,8-9,11-12,14-15,17,19-22H2,1-4H3,(H,42,44,45)/t26-,27+,28-/m0/s1. The number of aliphatic hydroxyl groups is 1. The number of hydrogen-bond acceptors (Lipinski definition) is 9. The van der Waals surface area contributed by atoms with Crippen LogP contribution in [0.2, 0.25) is 0 Å². The van der Waals surface area contributed by atoms with Crippen molar-refractivity contribution in [2.75, 3.05) is 49.7 Å². The van der Waals surface area contributed by atoms with Crippen LogP contribution in [0.5, 0.6) is 0 Å². The summed E-state index contributed by atoms with van der Waals surface area (Å²) in [6.45, 7) is 13.2. The van der Waals surface area contributed by atoms with Crippen molar-refractivity contribution in [3.63, 3.8) is 0 Å². The third kappa shape index (κ3) is 5.44. The van der Waals surface area contributed by atoms with Crippen LogP contribution in [-0.4, -0.2) is 104 Å². The molecule has 7 heterocycles. The molecule has 274 valence electrons. The summed E-state index contributed by atoms with van der Waals surface area (Å²) < 4.78 is 22.4. The van der Waals surface area contributed by atoms with Crippen molar-refractivity contribution in [3.05, 3.63) is 60.4 Å². The lowest BCUT2D eigenvalue weighted by Crippen LogP contribution is -2.60. The van der Waals surface area contributed by atoms with E-state index in [1.807, 2.05) is 10.6 Å². The van der Waals surface area contributed by atoms with Crippen molar-refractivity contribution >= 4 is 34.1 Å². The zero-order valence-corrected chi connectivity index (χ0v) is 30.6. The summed E-state index contributed by atoms with van der Waals surface area (Å²) in [5.74, 6) is 0.269. The Morgan fingerprint density at radius 1 is 1.08 bits per heavy atom. The molecule has 9 rings (SSSR count). The number of hydrogen-bond donors (Lipinski definition) is 2. The van der Waals surface area contributed by atoms with E-state index in [2.05, 4.69) is 70.9 Å². The molecule has 2 N–H and O–H groups in total. The Labute approximate surface area is 304 Å². The van der Waals surface area contributed by atoms with Crippen LogP contribution < -0.4 is 10.2 Å². The Balaban J connectivity index is 1.09. The predicted octanol–water partition coefficient (Wildman–Crippen LogP) is 5.66. The first-order valence-electron chi connectivity index (χ1n) is 19.0. The second-order valence-corrected chi connectivity index (χ2v) is 16.8. The number of pyridine rings is 2. The molecule has 3 aromatic heterocycles. The smallest absolute Gasteiger partial charge is 0.238 e. The Morgan fingerprint density at radius 2 is 1.87 bits per heavy atom. The van der Waals surface area contributed by atoms with Crippen LogP contribution >= 0.6 is 0 Å². The molecule has 1 amide bonds. The normalized spacial score (nSPS) is 25.9. The Bertz CT molecular complexity index is 2010. The van der Waals surface area contributed by atoms with E-state index in [9.17, 15) is 14.3 Å². The fourth-order valence-corrected chi connectivity index (χ4v) is 9.67. The number of rotatable bonds is 8. The molecular weight excluding hydrogens is 659 g/mol. The SMILES string of the molecule is CC(C)n1cnc2cc(-c3ccc4c(c3)N([C@H]3C[C@@H](N5CC(C)(C)C[C@H]5CO)C3)C(=O)C43CCN(C4COC4)CC3)nc(Nc3ccncc3F)c21. The minimum Gasteiger partial charge on any atom is -0.395 e. The van der Waals surface area contributed by atoms with Crippen molar-refractivity contribution in [2.24, 2.45) is 5.41 Å². The van der Waals surface area contributed by atoms with Crippen molar-refractivity contribution < 1.29 is 19.0 Å². The maximum absolute atomic E-state index is 14.9. The number of carbonyl (C=O) groups excluding carboxylic acids is 1. The van der Waals surface area contributed by atoms with Gasteiger partial charge in [-0.2, -0.15) is 0 Å². The van der Waals surface area contributed by atoms with Gasteiger partial charge in [0.15, 0.2) is 11.6 Å². The second kappa shape index (κ2) is 12.6. The third-order valence-corrected chi connectivity index (χ3v) is 12.6. The molecule has 1 aromatic carbocycles. The molecule has 0 unspecified atom stereocenters. The summed E-state index contributed by atoms with van der Waals surface area (Å²) in [6.07, 6.45) is 8.90. The van der Waals surface area contributed by atoms with Gasteiger partial charge in [0.25, 0.3) is 0 Å². The summed E-state index contributed by atoms with van der Waals surface area (Å²) in [6, 6.07) is 11.2. The molecule has 3 saturated heterocycles. The van der Waals surface area contributed by atoms with E-state index in [1.165, 1.54) is 6.20 Å². The van der Waals surface area contributed by atoms with Gasteiger partial charge in [0.05, 0.1) is 60.7 Å². The molecule has 4 fully saturated rings. The zero-order chi connectivity index (χ0) is 35.9. The second-order valence-electron chi connectivity index (χ2n) is 16.8. The van der Waals surface area contributed by atoms with E-state index in [1.54, 1.807) is 18.6 Å². The minimum atomic E-state index is -0.553. The highest BCUT2D eigenvalue weighted by atomic mass is 19.1. The van der Waals surface area contributed by atoms with Gasteiger partial charge < -0.3 is 24.6 Å². The van der Waals surface area contributed by atoms with Gasteiger partial charge in [0, 0.05) is 48.2 Å². The lowest BCUT2D eigenvalue weighted by Gasteiger charge is -2.48. The maximum Gasteiger partial charge on any atom is 0.238 e. The van der Waals surface area contributed by atoms with E-state index < -0.39 is 11.2 Å². The Hall–Kier alpha value is -3.97. The van der Waals surface area contributed by atoms with Crippen molar-refractivity contribution in [1.82, 2.24) is 29.3 Å². The lowest BCUT2D eigenvalue weighted by molar-refractivity contribution is -0.128. The number of piperidine rings is 1. The fraction of sp³-hybridized carbons (Fsp3) is 0.550. The number of nitrogens with zero attached hydrogens (tertiary/aromatic N) is 7. The number of carbonyl (C=O) groups is 1. The molecule has 1 atom stereocenters. The van der Waals surface area contributed by atoms with E-state index in [4.69, 9.17) is 14.7 Å². The first-order valence-corrected chi connectivity index (χ1v) is 19.0. The first-order chi connectivity index (χ1) is 25.0. The summed E-state index contributed by atoms with van der Waals surface area (Å²) in [5.41, 5.74) is 5.13. The highest BCUT2D eigenvalue weighted by molar-refractivity contribution is 6.09. The highest BCUT2D eigenvalue weighted by Gasteiger charge is 2.57. The molecule has 1 spiro atoms. The number of likely N-dealkylation sites (tertiary alicyclic amines) is 2. The van der Waals surface area contributed by atoms with Crippen LogP contribution in [0.25, 0.3) is 22.3 Å². The Kier molecular flexibility index (Phi) is 8.18. The molecule has 52 heavy (non-hydrogen) atoms. The lowest BCUT2D eigenvalue weighted by atomic mass is 9.73. The van der Waals surface area contributed by atoms with E-state index in [-0.39, 0.29) is 41.7 Å². The number of aromatic nitrogens is 4. The van der Waals surface area contributed by atoms with Gasteiger partial charge >= 0.3 is 0 Å². The molecule has 4 aliphatic heterocycles. The molecule has 1 saturated carbocycles. The maximum atomic E-state index is 14.9. The van der Waals surface area contributed by atoms with Crippen LogP contribution in [0.1, 0.15) is 71.4 Å². The topological polar surface area (TPSA) is 112 Å². The Morgan fingerprint density at radius 3 is 2.56 bits per heavy atom. The number of amides is 1. The van der Waals surface area contributed by atoms with Crippen LogP contribution in [0.4, 0.5) is 21.6 Å². The summed E-state index contributed by atoms with van der Waals surface area (Å²) >= 11 is 0. The molecule has 0 radical (unpaired) electrons. The number of halogens is 1. The number of ether oxygens (including phenoxy) is 1. The summed E-state index contributed by atoms with van der Waals surface area (Å²) in [7, 11) is 0. The molecule has 4 aromatic rings. The molecule has 12 heteroatoms. The number of imidazole rings is 1. The predicted molar refractivity (Wildman–Crippen MR) is 198 cm³/mol.